The van der Waals surface area contributed by atoms with Crippen molar-refractivity contribution in [1.82, 2.24) is 5.32 Å². The molecule has 5 nitrogen and oxygen atoms in total. The summed E-state index contributed by atoms with van der Waals surface area (Å²) in [7, 11) is 0. The maximum absolute atomic E-state index is 13.0. The predicted octanol–water partition coefficient (Wildman–Crippen LogP) is 3.28. The fourth-order valence-corrected chi connectivity index (χ4v) is 2.86. The zero-order valence-corrected chi connectivity index (χ0v) is 13.8. The monoisotopic (exact) mass is 372 g/mol. The summed E-state index contributed by atoms with van der Waals surface area (Å²) in [6.45, 7) is 1.28. The van der Waals surface area contributed by atoms with Gasteiger partial charge in [0.1, 0.15) is 5.58 Å². The normalized spacial score (nSPS) is 17.6. The molecule has 134 valence electrons. The van der Waals surface area contributed by atoms with Crippen LogP contribution in [0.3, 0.4) is 0 Å². The SMILES string of the molecule is O=c1cc(C(F)(F)F)c2ccc(NC(=S)NCC3CCCO3)cc2o1. The fraction of sp³-hybridized carbons (Fsp3) is 0.375. The molecule has 2 N–H and O–H groups in total. The van der Waals surface area contributed by atoms with Crippen LogP contribution in [0.5, 0.6) is 0 Å². The second kappa shape index (κ2) is 7.01. The Labute approximate surface area is 146 Å². The third-order valence-corrected chi connectivity index (χ3v) is 4.07. The molecule has 1 aromatic carbocycles. The van der Waals surface area contributed by atoms with E-state index in [9.17, 15) is 18.0 Å². The van der Waals surface area contributed by atoms with Gasteiger partial charge in [0.25, 0.3) is 0 Å². The van der Waals surface area contributed by atoms with E-state index in [4.69, 9.17) is 21.4 Å². The molecule has 1 saturated heterocycles. The van der Waals surface area contributed by atoms with Crippen molar-refractivity contribution in [2.45, 2.75) is 25.1 Å². The van der Waals surface area contributed by atoms with E-state index in [0.29, 0.717) is 23.4 Å². The lowest BCUT2D eigenvalue weighted by atomic mass is 10.1. The summed E-state index contributed by atoms with van der Waals surface area (Å²) < 4.78 is 49.4. The summed E-state index contributed by atoms with van der Waals surface area (Å²) in [5.41, 5.74) is -1.83. The summed E-state index contributed by atoms with van der Waals surface area (Å²) in [5, 5.41) is 5.97. The van der Waals surface area contributed by atoms with Gasteiger partial charge in [-0.05, 0) is 37.2 Å². The average Bonchev–Trinajstić information content (AvgIpc) is 3.04. The first-order valence-electron chi connectivity index (χ1n) is 7.64. The first-order valence-corrected chi connectivity index (χ1v) is 8.05. The number of rotatable bonds is 3. The van der Waals surface area contributed by atoms with Crippen molar-refractivity contribution in [2.75, 3.05) is 18.5 Å². The number of benzene rings is 1. The van der Waals surface area contributed by atoms with Crippen LogP contribution in [0.2, 0.25) is 0 Å². The van der Waals surface area contributed by atoms with Crippen molar-refractivity contribution in [1.29, 1.82) is 0 Å². The predicted molar refractivity (Wildman–Crippen MR) is 90.7 cm³/mol. The zero-order chi connectivity index (χ0) is 18.0. The Morgan fingerprint density at radius 2 is 2.12 bits per heavy atom. The maximum atomic E-state index is 13.0. The highest BCUT2D eigenvalue weighted by atomic mass is 32.1. The first kappa shape index (κ1) is 17.7. The van der Waals surface area contributed by atoms with Gasteiger partial charge in [-0.2, -0.15) is 13.2 Å². The number of fused-ring (bicyclic) bond motifs is 1. The van der Waals surface area contributed by atoms with Crippen molar-refractivity contribution in [3.05, 3.63) is 40.2 Å². The molecule has 3 rings (SSSR count). The van der Waals surface area contributed by atoms with E-state index in [0.717, 1.165) is 19.4 Å². The Morgan fingerprint density at radius 3 is 2.80 bits per heavy atom. The van der Waals surface area contributed by atoms with Crippen LogP contribution in [-0.4, -0.2) is 24.4 Å². The molecule has 2 aromatic rings. The molecule has 0 saturated carbocycles. The number of halogens is 3. The van der Waals surface area contributed by atoms with Gasteiger partial charge >= 0.3 is 11.8 Å². The minimum Gasteiger partial charge on any atom is -0.423 e. The molecule has 1 aliphatic heterocycles. The lowest BCUT2D eigenvalue weighted by molar-refractivity contribution is -0.136. The molecule has 0 aliphatic carbocycles. The highest BCUT2D eigenvalue weighted by Crippen LogP contribution is 2.34. The number of hydrogen-bond acceptors (Lipinski definition) is 4. The van der Waals surface area contributed by atoms with Crippen molar-refractivity contribution >= 4 is 34.0 Å². The van der Waals surface area contributed by atoms with Gasteiger partial charge in [0.05, 0.1) is 11.7 Å². The maximum Gasteiger partial charge on any atom is 0.417 e. The lowest BCUT2D eigenvalue weighted by Crippen LogP contribution is -2.34. The van der Waals surface area contributed by atoms with Gasteiger partial charge in [0, 0.05) is 36.4 Å². The summed E-state index contributed by atoms with van der Waals surface area (Å²) >= 11 is 5.15. The highest BCUT2D eigenvalue weighted by Gasteiger charge is 2.33. The van der Waals surface area contributed by atoms with Crippen LogP contribution < -0.4 is 16.3 Å². The third kappa shape index (κ3) is 4.29. The summed E-state index contributed by atoms with van der Waals surface area (Å²) in [5.74, 6) is 0. The molecule has 1 aromatic heterocycles. The molecule has 0 amide bonds. The summed E-state index contributed by atoms with van der Waals surface area (Å²) in [6, 6.07) is 4.44. The molecule has 1 unspecified atom stereocenters. The van der Waals surface area contributed by atoms with Gasteiger partial charge in [-0.25, -0.2) is 4.79 Å². The second-order valence-electron chi connectivity index (χ2n) is 5.66. The van der Waals surface area contributed by atoms with E-state index in [2.05, 4.69) is 10.6 Å². The van der Waals surface area contributed by atoms with Crippen LogP contribution in [0.1, 0.15) is 18.4 Å². The van der Waals surface area contributed by atoms with Gasteiger partial charge in [0.15, 0.2) is 5.11 Å². The quantitative estimate of drug-likeness (QED) is 0.637. The Hall–Kier alpha value is -2.13. The van der Waals surface area contributed by atoms with Crippen LogP contribution in [0, 0.1) is 0 Å². The minimum absolute atomic E-state index is 0.101. The van der Waals surface area contributed by atoms with Crippen molar-refractivity contribution < 1.29 is 22.3 Å². The van der Waals surface area contributed by atoms with E-state index < -0.39 is 17.4 Å². The van der Waals surface area contributed by atoms with E-state index in [1.807, 2.05) is 0 Å². The zero-order valence-electron chi connectivity index (χ0n) is 13.0. The molecule has 1 aliphatic rings. The van der Waals surface area contributed by atoms with Crippen molar-refractivity contribution in [3.63, 3.8) is 0 Å². The molecule has 2 heterocycles. The van der Waals surface area contributed by atoms with E-state index in [1.165, 1.54) is 18.2 Å². The second-order valence-corrected chi connectivity index (χ2v) is 6.07. The highest BCUT2D eigenvalue weighted by molar-refractivity contribution is 7.80. The fourth-order valence-electron chi connectivity index (χ4n) is 2.66. The Bertz CT molecular complexity index is 845. The molecule has 0 radical (unpaired) electrons. The topological polar surface area (TPSA) is 63.5 Å². The number of alkyl halides is 3. The number of ether oxygens (including phenoxy) is 1. The Morgan fingerprint density at radius 1 is 1.32 bits per heavy atom. The van der Waals surface area contributed by atoms with Gasteiger partial charge in [-0.3, -0.25) is 0 Å². The molecular weight excluding hydrogens is 357 g/mol. The Kier molecular flexibility index (Phi) is 4.96. The molecule has 9 heteroatoms. The molecule has 25 heavy (non-hydrogen) atoms. The van der Waals surface area contributed by atoms with E-state index >= 15 is 0 Å². The van der Waals surface area contributed by atoms with E-state index in [-0.39, 0.29) is 17.1 Å². The van der Waals surface area contributed by atoms with Crippen molar-refractivity contribution in [2.24, 2.45) is 0 Å². The van der Waals surface area contributed by atoms with Crippen LogP contribution in [0.15, 0.2) is 33.5 Å². The van der Waals surface area contributed by atoms with Crippen LogP contribution in [0.25, 0.3) is 11.0 Å². The number of thiocarbonyl (C=S) groups is 1. The van der Waals surface area contributed by atoms with Crippen molar-refractivity contribution in [3.8, 4) is 0 Å². The standard InChI is InChI=1S/C16H15F3N2O3S/c17-16(18,19)12-7-14(22)24-13-6-9(3-4-11(12)13)21-15(25)20-8-10-2-1-5-23-10/h3-4,6-7,10H,1-2,5,8H2,(H2,20,21,25). The van der Waals surface area contributed by atoms with Crippen LogP contribution in [0.4, 0.5) is 18.9 Å². The van der Waals surface area contributed by atoms with Crippen LogP contribution in [-0.2, 0) is 10.9 Å². The van der Waals surface area contributed by atoms with Crippen LogP contribution >= 0.6 is 12.2 Å². The smallest absolute Gasteiger partial charge is 0.417 e. The van der Waals surface area contributed by atoms with Gasteiger partial charge in [0.2, 0.25) is 0 Å². The molecule has 0 bridgehead atoms. The molecule has 0 spiro atoms. The summed E-state index contributed by atoms with van der Waals surface area (Å²) in [4.78, 5) is 11.4. The van der Waals surface area contributed by atoms with E-state index in [1.54, 1.807) is 0 Å². The van der Waals surface area contributed by atoms with Gasteiger partial charge in [-0.1, -0.05) is 0 Å². The summed E-state index contributed by atoms with van der Waals surface area (Å²) in [6.07, 6.45) is -2.57. The minimum atomic E-state index is -4.64. The molecule has 1 atom stereocenters. The lowest BCUT2D eigenvalue weighted by Gasteiger charge is -2.14. The average molecular weight is 372 g/mol. The first-order chi connectivity index (χ1) is 11.8. The van der Waals surface area contributed by atoms with Gasteiger partial charge in [-0.15, -0.1) is 0 Å². The third-order valence-electron chi connectivity index (χ3n) is 3.82. The number of nitrogens with one attached hydrogen (secondary N) is 2. The number of hydrogen-bond donors (Lipinski definition) is 2. The van der Waals surface area contributed by atoms with Gasteiger partial charge < -0.3 is 19.8 Å². The Balaban J connectivity index is 1.76. The molecular formula is C16H15F3N2O3S. The largest absolute Gasteiger partial charge is 0.423 e. The molecule has 1 fully saturated rings. The number of anilines is 1.